The number of amides is 1. The van der Waals surface area contributed by atoms with Crippen molar-refractivity contribution in [3.63, 3.8) is 0 Å². The van der Waals surface area contributed by atoms with Gasteiger partial charge in [0.1, 0.15) is 0 Å². The lowest BCUT2D eigenvalue weighted by Gasteiger charge is -2.52. The van der Waals surface area contributed by atoms with Gasteiger partial charge in [0.05, 0.1) is 22.4 Å². The highest BCUT2D eigenvalue weighted by Gasteiger charge is 2.69. The van der Waals surface area contributed by atoms with Crippen LogP contribution in [0.1, 0.15) is 22.3 Å². The Hall–Kier alpha value is -4.49. The maximum absolute atomic E-state index is 14.0. The van der Waals surface area contributed by atoms with Crippen molar-refractivity contribution < 1.29 is 39.1 Å². The van der Waals surface area contributed by atoms with Gasteiger partial charge in [-0.2, -0.15) is 0 Å². The quantitative estimate of drug-likeness (QED) is 0.253. The van der Waals surface area contributed by atoms with Crippen molar-refractivity contribution in [1.29, 1.82) is 0 Å². The van der Waals surface area contributed by atoms with Crippen LogP contribution < -0.4 is 10.6 Å². The molecule has 0 spiro atoms. The Kier molecular flexibility index (Phi) is 6.78. The first-order chi connectivity index (χ1) is 19.6. The van der Waals surface area contributed by atoms with Crippen LogP contribution in [0.15, 0.2) is 30.3 Å². The van der Waals surface area contributed by atoms with Crippen LogP contribution in [0.3, 0.4) is 0 Å². The van der Waals surface area contributed by atoms with Crippen molar-refractivity contribution >= 4 is 40.4 Å². The number of nitro groups is 1. The molecule has 220 valence electrons. The SMILES string of the molecule is CN(C)c1ccc(-c2cc([N+](=O)[O-])c(O)c3c2C[C@H]2C[C@H]4[C@H](N(C)C)C(=O)C(C(N)=O)C(=O)[C@@]4(O)C(=O)C2C3=O)cc1. The summed E-state index contributed by atoms with van der Waals surface area (Å²) in [6, 6.07) is 6.97. The molecular weight excluding hydrogens is 548 g/mol. The Balaban J connectivity index is 1.70. The maximum atomic E-state index is 14.0. The zero-order valence-electron chi connectivity index (χ0n) is 23.4. The average Bonchev–Trinajstić information content (AvgIpc) is 2.90. The fourth-order valence-electron chi connectivity index (χ4n) is 6.99. The van der Waals surface area contributed by atoms with E-state index < -0.39 is 86.3 Å². The number of Topliss-reactive ketones (excluding diaryl/α,β-unsaturated/α-hetero) is 4. The molecule has 0 radical (unpaired) electrons. The van der Waals surface area contributed by atoms with E-state index in [1.54, 1.807) is 24.3 Å². The summed E-state index contributed by atoms with van der Waals surface area (Å²) in [5.41, 5.74) is 3.26. The highest BCUT2D eigenvalue weighted by Crippen LogP contribution is 2.53. The van der Waals surface area contributed by atoms with Gasteiger partial charge >= 0.3 is 5.69 Å². The van der Waals surface area contributed by atoms with Gasteiger partial charge in [-0.15, -0.1) is 0 Å². The van der Waals surface area contributed by atoms with E-state index >= 15 is 0 Å². The molecule has 0 aliphatic heterocycles. The summed E-state index contributed by atoms with van der Waals surface area (Å²) in [7, 11) is 6.69. The molecule has 2 saturated carbocycles. The summed E-state index contributed by atoms with van der Waals surface area (Å²) in [5, 5.41) is 34.5. The molecule has 5 rings (SSSR count). The standard InChI is InChI=1S/C29H30N4O9/c1-31(2)14-7-5-12(6-8-14)15-11-18(33(41)42)23(34)20-16(15)9-13-10-17-22(32(3)4)25(36)21(28(30)39)27(38)29(17,40)26(37)19(13)24(20)35/h5-8,11,13,17,19,21-22,34,40H,9-10H2,1-4H3,(H2,30,39)/t13-,17-,19?,21?,22-,29-/m0/s1. The molecule has 2 aromatic rings. The molecule has 0 heterocycles. The number of benzene rings is 2. The molecule has 0 saturated heterocycles. The lowest BCUT2D eigenvalue weighted by molar-refractivity contribution is -0.385. The van der Waals surface area contributed by atoms with Crippen molar-refractivity contribution in [2.24, 2.45) is 29.4 Å². The lowest BCUT2D eigenvalue weighted by atomic mass is 9.52. The zero-order chi connectivity index (χ0) is 31.0. The monoisotopic (exact) mass is 578 g/mol. The number of aromatic hydroxyl groups is 1. The molecule has 6 atom stereocenters. The van der Waals surface area contributed by atoms with E-state index in [9.17, 15) is 44.3 Å². The van der Waals surface area contributed by atoms with E-state index in [0.29, 0.717) is 11.1 Å². The van der Waals surface area contributed by atoms with Gasteiger partial charge in [-0.3, -0.25) is 39.0 Å². The minimum absolute atomic E-state index is 0.0117. The van der Waals surface area contributed by atoms with Gasteiger partial charge in [0, 0.05) is 31.8 Å². The molecule has 2 aromatic carbocycles. The largest absolute Gasteiger partial charge is 0.502 e. The van der Waals surface area contributed by atoms with E-state index in [0.717, 1.165) is 5.69 Å². The predicted octanol–water partition coefficient (Wildman–Crippen LogP) is 0.508. The van der Waals surface area contributed by atoms with Gasteiger partial charge in [0.2, 0.25) is 11.7 Å². The van der Waals surface area contributed by atoms with Crippen molar-refractivity contribution in [2.45, 2.75) is 24.5 Å². The fourth-order valence-corrected chi connectivity index (χ4v) is 6.99. The Morgan fingerprint density at radius 3 is 2.21 bits per heavy atom. The van der Waals surface area contributed by atoms with Gasteiger partial charge in [-0.05, 0) is 61.7 Å². The first kappa shape index (κ1) is 29.0. The van der Waals surface area contributed by atoms with Crippen molar-refractivity contribution in [2.75, 3.05) is 33.1 Å². The van der Waals surface area contributed by atoms with E-state index in [1.807, 2.05) is 19.0 Å². The number of hydrogen-bond acceptors (Lipinski definition) is 11. The number of anilines is 1. The number of hydrogen-bond donors (Lipinski definition) is 3. The van der Waals surface area contributed by atoms with E-state index in [-0.39, 0.29) is 18.4 Å². The first-order valence-corrected chi connectivity index (χ1v) is 13.3. The van der Waals surface area contributed by atoms with E-state index in [1.165, 1.54) is 25.1 Å². The number of nitro benzene ring substituents is 1. The number of nitrogens with two attached hydrogens (primary N) is 1. The number of carbonyl (C=O) groups is 5. The van der Waals surface area contributed by atoms with Crippen LogP contribution in [0, 0.1) is 33.8 Å². The van der Waals surface area contributed by atoms with Crippen LogP contribution in [0.25, 0.3) is 11.1 Å². The molecular formula is C29H30N4O9. The summed E-state index contributed by atoms with van der Waals surface area (Å²) < 4.78 is 0. The molecule has 2 unspecified atom stereocenters. The summed E-state index contributed by atoms with van der Waals surface area (Å²) in [6.45, 7) is 0. The number of phenolic OH excluding ortho intramolecular Hbond substituents is 1. The molecule has 13 heteroatoms. The number of aliphatic hydroxyl groups is 1. The van der Waals surface area contributed by atoms with Crippen LogP contribution >= 0.6 is 0 Å². The Morgan fingerprint density at radius 2 is 1.69 bits per heavy atom. The number of likely N-dealkylation sites (N-methyl/N-ethyl adjacent to an activating group) is 1. The van der Waals surface area contributed by atoms with Crippen molar-refractivity contribution in [3.8, 4) is 16.9 Å². The number of rotatable bonds is 5. The number of phenols is 1. The van der Waals surface area contributed by atoms with Crippen molar-refractivity contribution in [1.82, 2.24) is 4.90 Å². The molecule has 0 aromatic heterocycles. The second-order valence-corrected chi connectivity index (χ2v) is 11.6. The topological polar surface area (TPSA) is 201 Å². The maximum Gasteiger partial charge on any atom is 0.312 e. The van der Waals surface area contributed by atoms with Gasteiger partial charge in [0.25, 0.3) is 0 Å². The molecule has 1 amide bonds. The normalized spacial score (nSPS) is 28.7. The number of nitrogens with zero attached hydrogens (tertiary/aromatic N) is 3. The Morgan fingerprint density at radius 1 is 1.07 bits per heavy atom. The Labute approximate surface area is 240 Å². The Bertz CT molecular complexity index is 1580. The summed E-state index contributed by atoms with van der Waals surface area (Å²) in [6.07, 6.45) is -0.136. The third-order valence-electron chi connectivity index (χ3n) is 8.93. The highest BCUT2D eigenvalue weighted by molar-refractivity contribution is 6.32. The fraction of sp³-hybridized carbons (Fsp3) is 0.414. The van der Waals surface area contributed by atoms with E-state index in [4.69, 9.17) is 5.73 Å². The van der Waals surface area contributed by atoms with Gasteiger partial charge in [0.15, 0.2) is 34.7 Å². The van der Waals surface area contributed by atoms with Crippen LogP contribution in [0.2, 0.25) is 0 Å². The minimum atomic E-state index is -2.88. The molecule has 42 heavy (non-hydrogen) atoms. The number of carbonyl (C=O) groups excluding carboxylic acids is 5. The predicted molar refractivity (Wildman–Crippen MR) is 148 cm³/mol. The van der Waals surface area contributed by atoms with Crippen LogP contribution in [0.4, 0.5) is 11.4 Å². The molecule has 2 fully saturated rings. The summed E-state index contributed by atoms with van der Waals surface area (Å²) in [4.78, 5) is 81.1. The molecule has 13 nitrogen and oxygen atoms in total. The smallest absolute Gasteiger partial charge is 0.312 e. The number of fused-ring (bicyclic) bond motifs is 3. The van der Waals surface area contributed by atoms with Gasteiger partial charge in [-0.25, -0.2) is 0 Å². The third-order valence-corrected chi connectivity index (χ3v) is 8.93. The molecule has 4 N–H and O–H groups in total. The summed E-state index contributed by atoms with van der Waals surface area (Å²) in [5.74, 6) is -12.5. The lowest BCUT2D eigenvalue weighted by Crippen LogP contribution is -2.74. The van der Waals surface area contributed by atoms with Gasteiger partial charge in [-0.1, -0.05) is 12.1 Å². The summed E-state index contributed by atoms with van der Waals surface area (Å²) >= 11 is 0. The van der Waals surface area contributed by atoms with Crippen molar-refractivity contribution in [3.05, 3.63) is 51.6 Å². The number of ketones is 4. The molecule has 0 bridgehead atoms. The first-order valence-electron chi connectivity index (χ1n) is 13.3. The van der Waals surface area contributed by atoms with Crippen LogP contribution in [-0.4, -0.2) is 88.9 Å². The zero-order valence-corrected chi connectivity index (χ0v) is 23.4. The second-order valence-electron chi connectivity index (χ2n) is 11.6. The molecule has 3 aliphatic rings. The second kappa shape index (κ2) is 9.81. The highest BCUT2D eigenvalue weighted by atomic mass is 16.6. The average molecular weight is 579 g/mol. The van der Waals surface area contributed by atoms with Crippen LogP contribution in [-0.2, 0) is 25.6 Å². The minimum Gasteiger partial charge on any atom is -0.502 e. The van der Waals surface area contributed by atoms with Crippen LogP contribution in [0.5, 0.6) is 5.75 Å². The molecule has 3 aliphatic carbocycles. The third kappa shape index (κ3) is 3.95. The number of primary amides is 1. The van der Waals surface area contributed by atoms with Gasteiger partial charge < -0.3 is 20.8 Å². The van der Waals surface area contributed by atoms with E-state index in [2.05, 4.69) is 0 Å².